The summed E-state index contributed by atoms with van der Waals surface area (Å²) in [7, 11) is -2.05. The number of nitrogen functional groups attached to an aromatic ring is 1. The predicted octanol–water partition coefficient (Wildman–Crippen LogP) is 2.04. The van der Waals surface area contributed by atoms with Crippen molar-refractivity contribution in [3.8, 4) is 0 Å². The zero-order valence-electron chi connectivity index (χ0n) is 11.2. The second-order valence-corrected chi connectivity index (χ2v) is 6.86. The lowest BCUT2D eigenvalue weighted by Crippen LogP contribution is -2.37. The first-order valence-electron chi connectivity index (χ1n) is 5.88. The van der Waals surface area contributed by atoms with Crippen molar-refractivity contribution >= 4 is 31.6 Å². The monoisotopic (exact) mass is 350 g/mol. The maximum atomic E-state index is 12.3. The molecular weight excluding hydrogens is 332 g/mol. The Morgan fingerprint density at radius 1 is 1.47 bits per heavy atom. The van der Waals surface area contributed by atoms with Gasteiger partial charge in [-0.2, -0.15) is 0 Å². The Kier molecular flexibility index (Phi) is 5.79. The largest absolute Gasteiger partial charge is 0.398 e. The average Bonchev–Trinajstić information content (AvgIpc) is 2.32. The van der Waals surface area contributed by atoms with Crippen LogP contribution in [0.5, 0.6) is 0 Å². The quantitative estimate of drug-likeness (QED) is 0.769. The van der Waals surface area contributed by atoms with Crippen molar-refractivity contribution in [2.24, 2.45) is 0 Å². The summed E-state index contributed by atoms with van der Waals surface area (Å²) < 4.78 is 32.9. The third-order valence-electron chi connectivity index (χ3n) is 2.77. The standard InChI is InChI=1S/C12H19BrN2O3S/c1-4-9(7-18-3)15-19(16,17)12-6-11(14)10(13)5-8(12)2/h5-6,9,15H,4,7,14H2,1-3H3. The maximum Gasteiger partial charge on any atom is 0.241 e. The van der Waals surface area contributed by atoms with Crippen molar-refractivity contribution in [2.75, 3.05) is 19.5 Å². The molecular formula is C12H19BrN2O3S. The molecule has 0 aromatic heterocycles. The summed E-state index contributed by atoms with van der Waals surface area (Å²) in [6.45, 7) is 3.96. The number of nitrogens with one attached hydrogen (secondary N) is 1. The van der Waals surface area contributed by atoms with E-state index in [9.17, 15) is 8.42 Å². The lowest BCUT2D eigenvalue weighted by molar-refractivity contribution is 0.173. The second-order valence-electron chi connectivity index (χ2n) is 4.32. The zero-order valence-corrected chi connectivity index (χ0v) is 13.6. The zero-order chi connectivity index (χ0) is 14.6. The number of aryl methyl sites for hydroxylation is 1. The van der Waals surface area contributed by atoms with Gasteiger partial charge >= 0.3 is 0 Å². The van der Waals surface area contributed by atoms with Gasteiger partial charge in [0.25, 0.3) is 0 Å². The van der Waals surface area contributed by atoms with Crippen molar-refractivity contribution < 1.29 is 13.2 Å². The molecule has 1 atom stereocenters. The van der Waals surface area contributed by atoms with E-state index in [-0.39, 0.29) is 10.9 Å². The van der Waals surface area contributed by atoms with Gasteiger partial charge in [0.2, 0.25) is 10.0 Å². The number of methoxy groups -OCH3 is 1. The minimum atomic E-state index is -3.59. The van der Waals surface area contributed by atoms with Gasteiger partial charge in [0.1, 0.15) is 0 Å². The third-order valence-corrected chi connectivity index (χ3v) is 5.12. The number of nitrogens with two attached hydrogens (primary N) is 1. The van der Waals surface area contributed by atoms with Crippen LogP contribution in [-0.2, 0) is 14.8 Å². The van der Waals surface area contributed by atoms with E-state index in [2.05, 4.69) is 20.7 Å². The van der Waals surface area contributed by atoms with Crippen molar-refractivity contribution in [2.45, 2.75) is 31.2 Å². The number of halogens is 1. The molecule has 0 aliphatic heterocycles. The Balaban J connectivity index is 3.10. The molecule has 0 fully saturated rings. The van der Waals surface area contributed by atoms with Crippen LogP contribution in [0.4, 0.5) is 5.69 Å². The molecule has 0 radical (unpaired) electrons. The first-order chi connectivity index (χ1) is 8.81. The van der Waals surface area contributed by atoms with Gasteiger partial charge in [-0.3, -0.25) is 0 Å². The van der Waals surface area contributed by atoms with Crippen LogP contribution in [-0.4, -0.2) is 28.2 Å². The number of sulfonamides is 1. The summed E-state index contributed by atoms with van der Waals surface area (Å²) in [6.07, 6.45) is 0.651. The van der Waals surface area contributed by atoms with Gasteiger partial charge in [-0.25, -0.2) is 13.1 Å². The normalized spacial score (nSPS) is 13.5. The van der Waals surface area contributed by atoms with E-state index in [1.807, 2.05) is 6.92 Å². The van der Waals surface area contributed by atoms with Crippen molar-refractivity contribution in [1.29, 1.82) is 0 Å². The maximum absolute atomic E-state index is 12.3. The SMILES string of the molecule is CCC(COC)NS(=O)(=O)c1cc(N)c(Br)cc1C. The molecule has 1 unspecified atom stereocenters. The molecule has 19 heavy (non-hydrogen) atoms. The third kappa shape index (κ3) is 4.17. The molecule has 0 saturated heterocycles. The second kappa shape index (κ2) is 6.69. The van der Waals surface area contributed by atoms with Crippen molar-refractivity contribution in [3.05, 3.63) is 22.2 Å². The molecule has 0 heterocycles. The van der Waals surface area contributed by atoms with Crippen LogP contribution in [0.1, 0.15) is 18.9 Å². The van der Waals surface area contributed by atoms with E-state index < -0.39 is 10.0 Å². The molecule has 0 bridgehead atoms. The van der Waals surface area contributed by atoms with Gasteiger partial charge in [-0.1, -0.05) is 6.92 Å². The number of hydrogen-bond acceptors (Lipinski definition) is 4. The predicted molar refractivity (Wildman–Crippen MR) is 79.6 cm³/mol. The van der Waals surface area contributed by atoms with Gasteiger partial charge in [-0.05, 0) is 47.0 Å². The number of anilines is 1. The summed E-state index contributed by atoms with van der Waals surface area (Å²) in [5.41, 5.74) is 6.78. The minimum Gasteiger partial charge on any atom is -0.398 e. The summed E-state index contributed by atoms with van der Waals surface area (Å²) in [5.74, 6) is 0. The Morgan fingerprint density at radius 2 is 2.11 bits per heavy atom. The molecule has 5 nitrogen and oxygen atoms in total. The fraction of sp³-hybridized carbons (Fsp3) is 0.500. The fourth-order valence-electron chi connectivity index (χ4n) is 1.68. The molecule has 0 spiro atoms. The molecule has 0 aliphatic rings. The lowest BCUT2D eigenvalue weighted by Gasteiger charge is -2.17. The Labute approximate surface area is 122 Å². The van der Waals surface area contributed by atoms with E-state index in [0.717, 1.165) is 0 Å². The number of hydrogen-bond donors (Lipinski definition) is 2. The molecule has 0 amide bonds. The summed E-state index contributed by atoms with van der Waals surface area (Å²) >= 11 is 3.28. The molecule has 0 saturated carbocycles. The van der Waals surface area contributed by atoms with Crippen LogP contribution in [0.3, 0.4) is 0 Å². The van der Waals surface area contributed by atoms with E-state index in [4.69, 9.17) is 10.5 Å². The van der Waals surface area contributed by atoms with E-state index in [1.54, 1.807) is 20.1 Å². The van der Waals surface area contributed by atoms with Gasteiger partial charge in [0.05, 0.1) is 11.5 Å². The fourth-order valence-corrected chi connectivity index (χ4v) is 3.70. The molecule has 0 aliphatic carbocycles. The first-order valence-corrected chi connectivity index (χ1v) is 8.16. The molecule has 1 aromatic rings. The Morgan fingerprint density at radius 3 is 2.63 bits per heavy atom. The summed E-state index contributed by atoms with van der Waals surface area (Å²) in [4.78, 5) is 0.197. The highest BCUT2D eigenvalue weighted by molar-refractivity contribution is 9.10. The highest BCUT2D eigenvalue weighted by Crippen LogP contribution is 2.26. The Hall–Kier alpha value is -0.630. The molecule has 1 rings (SSSR count). The van der Waals surface area contributed by atoms with Crippen LogP contribution >= 0.6 is 15.9 Å². The van der Waals surface area contributed by atoms with E-state index in [0.29, 0.717) is 28.8 Å². The number of benzene rings is 1. The van der Waals surface area contributed by atoms with Crippen LogP contribution in [0.25, 0.3) is 0 Å². The Bertz CT molecular complexity index is 546. The molecule has 3 N–H and O–H groups in total. The van der Waals surface area contributed by atoms with E-state index in [1.165, 1.54) is 6.07 Å². The number of ether oxygens (including phenoxy) is 1. The minimum absolute atomic E-state index is 0.197. The van der Waals surface area contributed by atoms with Crippen molar-refractivity contribution in [3.63, 3.8) is 0 Å². The van der Waals surface area contributed by atoms with Crippen LogP contribution < -0.4 is 10.5 Å². The average molecular weight is 351 g/mol. The molecule has 1 aromatic carbocycles. The summed E-state index contributed by atoms with van der Waals surface area (Å²) in [6, 6.07) is 2.90. The highest BCUT2D eigenvalue weighted by Gasteiger charge is 2.21. The van der Waals surface area contributed by atoms with Crippen LogP contribution in [0.2, 0.25) is 0 Å². The lowest BCUT2D eigenvalue weighted by atomic mass is 10.2. The van der Waals surface area contributed by atoms with E-state index >= 15 is 0 Å². The van der Waals surface area contributed by atoms with Crippen LogP contribution in [0, 0.1) is 6.92 Å². The topological polar surface area (TPSA) is 81.4 Å². The summed E-state index contributed by atoms with van der Waals surface area (Å²) in [5, 5.41) is 0. The van der Waals surface area contributed by atoms with Crippen LogP contribution in [0.15, 0.2) is 21.5 Å². The smallest absolute Gasteiger partial charge is 0.241 e. The van der Waals surface area contributed by atoms with Gasteiger partial charge in [0.15, 0.2) is 0 Å². The number of rotatable bonds is 6. The van der Waals surface area contributed by atoms with Crippen molar-refractivity contribution in [1.82, 2.24) is 4.72 Å². The van der Waals surface area contributed by atoms with Gasteiger partial charge in [0, 0.05) is 23.3 Å². The molecule has 108 valence electrons. The highest BCUT2D eigenvalue weighted by atomic mass is 79.9. The van der Waals surface area contributed by atoms with Gasteiger partial charge in [-0.15, -0.1) is 0 Å². The molecule has 7 heteroatoms. The first kappa shape index (κ1) is 16.4. The van der Waals surface area contributed by atoms with Gasteiger partial charge < -0.3 is 10.5 Å².